The molecule has 0 aromatic heterocycles. The van der Waals surface area contributed by atoms with Gasteiger partial charge in [-0.25, -0.2) is 0 Å². The summed E-state index contributed by atoms with van der Waals surface area (Å²) in [6.07, 6.45) is 4.74. The summed E-state index contributed by atoms with van der Waals surface area (Å²) in [4.78, 5) is 23.9. The molecule has 0 aromatic rings. The number of carbonyl (C=O) groups is 2. The summed E-state index contributed by atoms with van der Waals surface area (Å²) < 4.78 is 11.6. The van der Waals surface area contributed by atoms with Crippen molar-refractivity contribution in [3.63, 3.8) is 0 Å². The Balaban J connectivity index is 2.64. The number of allylic oxidation sites excluding steroid dienone is 1. The zero-order valence-corrected chi connectivity index (χ0v) is 19.1. The van der Waals surface area contributed by atoms with Crippen LogP contribution in [-0.4, -0.2) is 34.9 Å². The molecule has 5 heteroatoms. The Kier molecular flexibility index (Phi) is 6.73. The molecule has 0 amide bonds. The van der Waals surface area contributed by atoms with Gasteiger partial charge in [0.2, 0.25) is 0 Å². The van der Waals surface area contributed by atoms with Crippen molar-refractivity contribution in [2.45, 2.75) is 98.4 Å². The Morgan fingerprint density at radius 1 is 1.24 bits per heavy atom. The normalized spacial score (nSPS) is 33.3. The molecule has 0 saturated carbocycles. The van der Waals surface area contributed by atoms with Gasteiger partial charge in [0.1, 0.15) is 6.10 Å². The second kappa shape index (κ2) is 8.25. The largest absolute Gasteiger partial charge is 0.458 e. The summed E-state index contributed by atoms with van der Waals surface area (Å²) >= 11 is 0. The van der Waals surface area contributed by atoms with Crippen molar-refractivity contribution in [2.75, 3.05) is 0 Å². The molecule has 0 radical (unpaired) electrons. The number of esters is 2. The first-order valence-corrected chi connectivity index (χ1v) is 10.7. The zero-order valence-electron chi connectivity index (χ0n) is 19.1. The van der Waals surface area contributed by atoms with Gasteiger partial charge in [-0.05, 0) is 55.4 Å². The summed E-state index contributed by atoms with van der Waals surface area (Å²) in [6, 6.07) is 0. The number of ether oxygens (including phenoxy) is 2. The fraction of sp³-hybridized carbons (Fsp3) is 0.750. The molecule has 0 spiro atoms. The standard InChI is InChI=1S/C24H38O5/c1-9-23(7,27)13-14-24(8)15(2)20(28-16(3)25)21(29-17(4)26)19-18(24)11-10-12-22(19,5)6/h9,15,20-21,27H,1,10-14H2,2-8H3/t15-,20-,21+,23?,24-/m0/s1. The molecular weight excluding hydrogens is 368 g/mol. The number of aliphatic hydroxyl groups is 1. The average molecular weight is 407 g/mol. The Labute approximate surface area is 175 Å². The minimum absolute atomic E-state index is 0.0657. The maximum Gasteiger partial charge on any atom is 0.303 e. The van der Waals surface area contributed by atoms with Crippen LogP contribution in [0.1, 0.15) is 80.6 Å². The third kappa shape index (κ3) is 4.76. The van der Waals surface area contributed by atoms with E-state index in [2.05, 4.69) is 34.3 Å². The highest BCUT2D eigenvalue weighted by Gasteiger charge is 2.55. The van der Waals surface area contributed by atoms with Crippen LogP contribution in [0.25, 0.3) is 0 Å². The van der Waals surface area contributed by atoms with E-state index in [0.717, 1.165) is 31.3 Å². The lowest BCUT2D eigenvalue weighted by atomic mass is 9.53. The first-order valence-electron chi connectivity index (χ1n) is 10.7. The van der Waals surface area contributed by atoms with Crippen molar-refractivity contribution in [2.24, 2.45) is 16.7 Å². The topological polar surface area (TPSA) is 72.8 Å². The molecule has 2 rings (SSSR count). The minimum atomic E-state index is -0.961. The van der Waals surface area contributed by atoms with Gasteiger partial charge in [-0.15, -0.1) is 6.58 Å². The molecule has 0 aromatic carbocycles. The fourth-order valence-corrected chi connectivity index (χ4v) is 5.25. The van der Waals surface area contributed by atoms with Gasteiger partial charge >= 0.3 is 11.9 Å². The smallest absolute Gasteiger partial charge is 0.303 e. The predicted octanol–water partition coefficient (Wildman–Crippen LogP) is 4.73. The highest BCUT2D eigenvalue weighted by atomic mass is 16.6. The van der Waals surface area contributed by atoms with Gasteiger partial charge in [0.05, 0.1) is 5.60 Å². The minimum Gasteiger partial charge on any atom is -0.458 e. The van der Waals surface area contributed by atoms with Crippen LogP contribution in [0.15, 0.2) is 23.8 Å². The first-order chi connectivity index (χ1) is 13.2. The Hall–Kier alpha value is -1.62. The first kappa shape index (κ1) is 23.7. The fourth-order valence-electron chi connectivity index (χ4n) is 5.25. The molecule has 0 fully saturated rings. The maximum absolute atomic E-state index is 12.0. The van der Waals surface area contributed by atoms with Crippen molar-refractivity contribution < 1.29 is 24.2 Å². The number of rotatable bonds is 6. The molecule has 0 bridgehead atoms. The average Bonchev–Trinajstić information content (AvgIpc) is 2.60. The number of hydrogen-bond donors (Lipinski definition) is 1. The third-order valence-electron chi connectivity index (χ3n) is 7.24. The van der Waals surface area contributed by atoms with Gasteiger partial charge in [0, 0.05) is 19.8 Å². The van der Waals surface area contributed by atoms with Gasteiger partial charge in [0.15, 0.2) is 6.10 Å². The highest BCUT2D eigenvalue weighted by Crippen LogP contribution is 2.58. The molecule has 2 aliphatic carbocycles. The molecule has 0 aliphatic heterocycles. The lowest BCUT2D eigenvalue weighted by Gasteiger charge is -2.54. The Bertz CT molecular complexity index is 702. The van der Waals surface area contributed by atoms with E-state index in [0.29, 0.717) is 6.42 Å². The van der Waals surface area contributed by atoms with Crippen LogP contribution < -0.4 is 0 Å². The van der Waals surface area contributed by atoms with Crippen LogP contribution in [0.4, 0.5) is 0 Å². The van der Waals surface area contributed by atoms with Gasteiger partial charge in [0.25, 0.3) is 0 Å². The monoisotopic (exact) mass is 406 g/mol. The summed E-state index contributed by atoms with van der Waals surface area (Å²) in [5, 5.41) is 10.5. The van der Waals surface area contributed by atoms with Crippen molar-refractivity contribution in [1.82, 2.24) is 0 Å². The Morgan fingerprint density at radius 2 is 1.83 bits per heavy atom. The van der Waals surface area contributed by atoms with E-state index in [-0.39, 0.29) is 28.7 Å². The lowest BCUT2D eigenvalue weighted by Crippen LogP contribution is -2.55. The van der Waals surface area contributed by atoms with E-state index in [1.54, 1.807) is 13.0 Å². The van der Waals surface area contributed by atoms with E-state index >= 15 is 0 Å². The lowest BCUT2D eigenvalue weighted by molar-refractivity contribution is -0.174. The van der Waals surface area contributed by atoms with Crippen molar-refractivity contribution in [3.8, 4) is 0 Å². The molecular formula is C24H38O5. The molecule has 164 valence electrons. The Morgan fingerprint density at radius 3 is 2.34 bits per heavy atom. The molecule has 2 aliphatic rings. The third-order valence-corrected chi connectivity index (χ3v) is 7.24. The van der Waals surface area contributed by atoms with E-state index in [1.807, 2.05) is 0 Å². The van der Waals surface area contributed by atoms with Gasteiger partial charge < -0.3 is 14.6 Å². The van der Waals surface area contributed by atoms with Crippen LogP contribution in [0, 0.1) is 16.7 Å². The second-order valence-electron chi connectivity index (χ2n) is 10.0. The van der Waals surface area contributed by atoms with Crippen molar-refractivity contribution >= 4 is 11.9 Å². The summed E-state index contributed by atoms with van der Waals surface area (Å²) in [6.45, 7) is 16.9. The predicted molar refractivity (Wildman–Crippen MR) is 113 cm³/mol. The van der Waals surface area contributed by atoms with E-state index < -0.39 is 17.8 Å². The summed E-state index contributed by atoms with van der Waals surface area (Å²) in [5.41, 5.74) is 1.00. The summed E-state index contributed by atoms with van der Waals surface area (Å²) in [7, 11) is 0. The molecule has 5 nitrogen and oxygen atoms in total. The number of carbonyl (C=O) groups excluding carboxylic acids is 2. The SMILES string of the molecule is C=CC(C)(O)CC[C@]1(C)C2=C([C@@H](OC(C)=O)[C@@H](OC(C)=O)[C@@H]1C)C(C)(C)CCC2. The quantitative estimate of drug-likeness (QED) is 0.510. The van der Waals surface area contributed by atoms with Gasteiger partial charge in [-0.3, -0.25) is 9.59 Å². The molecule has 5 atom stereocenters. The van der Waals surface area contributed by atoms with Crippen LogP contribution in [-0.2, 0) is 19.1 Å². The zero-order chi connectivity index (χ0) is 22.2. The molecule has 0 heterocycles. The van der Waals surface area contributed by atoms with Crippen LogP contribution in [0.2, 0.25) is 0 Å². The van der Waals surface area contributed by atoms with E-state index in [1.165, 1.54) is 19.4 Å². The molecule has 29 heavy (non-hydrogen) atoms. The van der Waals surface area contributed by atoms with Gasteiger partial charge in [-0.2, -0.15) is 0 Å². The van der Waals surface area contributed by atoms with Crippen LogP contribution >= 0.6 is 0 Å². The van der Waals surface area contributed by atoms with Gasteiger partial charge in [-0.1, -0.05) is 39.3 Å². The second-order valence-corrected chi connectivity index (χ2v) is 10.0. The maximum atomic E-state index is 12.0. The van der Waals surface area contributed by atoms with Crippen LogP contribution in [0.3, 0.4) is 0 Å². The van der Waals surface area contributed by atoms with E-state index in [9.17, 15) is 14.7 Å². The van der Waals surface area contributed by atoms with Crippen LogP contribution in [0.5, 0.6) is 0 Å². The van der Waals surface area contributed by atoms with Crippen molar-refractivity contribution in [1.29, 1.82) is 0 Å². The highest BCUT2D eigenvalue weighted by molar-refractivity contribution is 5.68. The number of hydrogen-bond acceptors (Lipinski definition) is 5. The van der Waals surface area contributed by atoms with E-state index in [4.69, 9.17) is 9.47 Å². The van der Waals surface area contributed by atoms with Crippen molar-refractivity contribution in [3.05, 3.63) is 23.8 Å². The summed E-state index contributed by atoms with van der Waals surface area (Å²) in [5.74, 6) is -0.813. The molecule has 1 unspecified atom stereocenters. The molecule has 1 N–H and O–H groups in total. The molecule has 0 saturated heterocycles.